The third-order valence-corrected chi connectivity index (χ3v) is 2.64. The molecule has 0 aliphatic carbocycles. The van der Waals surface area contributed by atoms with Gasteiger partial charge in [0, 0.05) is 13.1 Å². The predicted octanol–water partition coefficient (Wildman–Crippen LogP) is 3.18. The molecule has 1 atom stereocenters. The van der Waals surface area contributed by atoms with E-state index in [1.165, 1.54) is 0 Å². The van der Waals surface area contributed by atoms with Gasteiger partial charge in [0.05, 0.1) is 6.10 Å². The molecule has 1 amide bonds. The number of carbonyl (C=O) groups is 1. The van der Waals surface area contributed by atoms with Gasteiger partial charge in [0.2, 0.25) is 0 Å². The number of hydrogen-bond acceptors (Lipinski definition) is 3. The third-order valence-electron chi connectivity index (χ3n) is 2.64. The van der Waals surface area contributed by atoms with Gasteiger partial charge in [-0.3, -0.25) is 0 Å². The van der Waals surface area contributed by atoms with Gasteiger partial charge in [-0.1, -0.05) is 20.3 Å². The van der Waals surface area contributed by atoms with Crippen molar-refractivity contribution in [3.63, 3.8) is 0 Å². The smallest absolute Gasteiger partial charge is 0.410 e. The standard InChI is InChI=1S/C14H29NO3/c1-6-8-10-15(11-9-12(16)7-2)13(17)18-14(3,4)5/h12,16H,6-11H2,1-5H3. The summed E-state index contributed by atoms with van der Waals surface area (Å²) in [4.78, 5) is 13.7. The Balaban J connectivity index is 4.32. The molecule has 0 aliphatic rings. The van der Waals surface area contributed by atoms with Gasteiger partial charge in [0.1, 0.15) is 5.60 Å². The van der Waals surface area contributed by atoms with E-state index < -0.39 is 5.60 Å². The number of unbranched alkanes of at least 4 members (excludes halogenated alkanes) is 1. The summed E-state index contributed by atoms with van der Waals surface area (Å²) >= 11 is 0. The Kier molecular flexibility index (Phi) is 8.00. The minimum absolute atomic E-state index is 0.278. The van der Waals surface area contributed by atoms with E-state index in [9.17, 15) is 9.90 Å². The van der Waals surface area contributed by atoms with Crippen LogP contribution in [0.5, 0.6) is 0 Å². The van der Waals surface area contributed by atoms with Gasteiger partial charge in [-0.2, -0.15) is 0 Å². The fourth-order valence-electron chi connectivity index (χ4n) is 1.48. The first-order valence-electron chi connectivity index (χ1n) is 6.96. The molecule has 0 aromatic heterocycles. The molecular formula is C14H29NO3. The Morgan fingerprint density at radius 1 is 1.28 bits per heavy atom. The Morgan fingerprint density at radius 3 is 2.33 bits per heavy atom. The highest BCUT2D eigenvalue weighted by Gasteiger charge is 2.21. The highest BCUT2D eigenvalue weighted by atomic mass is 16.6. The Hall–Kier alpha value is -0.770. The number of aliphatic hydroxyl groups excluding tert-OH is 1. The van der Waals surface area contributed by atoms with Crippen LogP contribution in [-0.4, -0.2) is 40.9 Å². The summed E-state index contributed by atoms with van der Waals surface area (Å²) in [6, 6.07) is 0. The lowest BCUT2D eigenvalue weighted by atomic mass is 10.2. The number of aliphatic hydroxyl groups is 1. The summed E-state index contributed by atoms with van der Waals surface area (Å²) < 4.78 is 5.37. The van der Waals surface area contributed by atoms with Gasteiger partial charge < -0.3 is 14.7 Å². The highest BCUT2D eigenvalue weighted by Crippen LogP contribution is 2.11. The van der Waals surface area contributed by atoms with Crippen molar-refractivity contribution in [1.82, 2.24) is 4.90 Å². The minimum Gasteiger partial charge on any atom is -0.444 e. The molecule has 4 heteroatoms. The monoisotopic (exact) mass is 259 g/mol. The average molecular weight is 259 g/mol. The molecule has 1 N–H and O–H groups in total. The van der Waals surface area contributed by atoms with Crippen LogP contribution in [0.4, 0.5) is 4.79 Å². The molecule has 1 unspecified atom stereocenters. The van der Waals surface area contributed by atoms with Gasteiger partial charge in [-0.25, -0.2) is 4.79 Å². The minimum atomic E-state index is -0.467. The molecule has 0 saturated carbocycles. The van der Waals surface area contributed by atoms with Crippen LogP contribution >= 0.6 is 0 Å². The van der Waals surface area contributed by atoms with E-state index in [0.29, 0.717) is 19.5 Å². The zero-order chi connectivity index (χ0) is 14.2. The predicted molar refractivity (Wildman–Crippen MR) is 73.6 cm³/mol. The molecule has 0 radical (unpaired) electrons. The zero-order valence-corrected chi connectivity index (χ0v) is 12.5. The number of ether oxygens (including phenoxy) is 1. The van der Waals surface area contributed by atoms with Crippen molar-refractivity contribution in [1.29, 1.82) is 0 Å². The maximum atomic E-state index is 12.0. The largest absolute Gasteiger partial charge is 0.444 e. The van der Waals surface area contributed by atoms with Crippen molar-refractivity contribution < 1.29 is 14.6 Å². The van der Waals surface area contributed by atoms with Crippen molar-refractivity contribution in [2.45, 2.75) is 72.0 Å². The van der Waals surface area contributed by atoms with E-state index in [4.69, 9.17) is 4.74 Å². The van der Waals surface area contributed by atoms with Crippen molar-refractivity contribution >= 4 is 6.09 Å². The van der Waals surface area contributed by atoms with Gasteiger partial charge >= 0.3 is 6.09 Å². The van der Waals surface area contributed by atoms with Crippen LogP contribution in [0.1, 0.15) is 60.3 Å². The van der Waals surface area contributed by atoms with Gasteiger partial charge in [0.25, 0.3) is 0 Å². The van der Waals surface area contributed by atoms with E-state index in [1.807, 2.05) is 27.7 Å². The normalized spacial score (nSPS) is 13.2. The number of amides is 1. The molecule has 0 heterocycles. The lowest BCUT2D eigenvalue weighted by Gasteiger charge is -2.28. The molecule has 0 aromatic rings. The first kappa shape index (κ1) is 17.2. The summed E-state index contributed by atoms with van der Waals surface area (Å²) in [5.41, 5.74) is -0.467. The fourth-order valence-corrected chi connectivity index (χ4v) is 1.48. The number of nitrogens with zero attached hydrogens (tertiary/aromatic N) is 1. The van der Waals surface area contributed by atoms with E-state index >= 15 is 0 Å². The molecule has 0 rings (SSSR count). The average Bonchev–Trinajstić information content (AvgIpc) is 2.26. The molecule has 0 saturated heterocycles. The number of rotatable bonds is 7. The zero-order valence-electron chi connectivity index (χ0n) is 12.5. The Morgan fingerprint density at radius 2 is 1.89 bits per heavy atom. The molecule has 0 aromatic carbocycles. The first-order chi connectivity index (χ1) is 8.30. The second-order valence-electron chi connectivity index (χ2n) is 5.67. The molecule has 0 bridgehead atoms. The van der Waals surface area contributed by atoms with Crippen molar-refractivity contribution in [2.24, 2.45) is 0 Å². The van der Waals surface area contributed by atoms with Crippen LogP contribution in [0.25, 0.3) is 0 Å². The van der Waals surface area contributed by atoms with E-state index in [0.717, 1.165) is 19.3 Å². The third kappa shape index (κ3) is 8.34. The van der Waals surface area contributed by atoms with E-state index in [1.54, 1.807) is 4.90 Å². The second kappa shape index (κ2) is 8.35. The van der Waals surface area contributed by atoms with E-state index in [2.05, 4.69) is 6.92 Å². The number of carbonyl (C=O) groups excluding carboxylic acids is 1. The summed E-state index contributed by atoms with van der Waals surface area (Å²) in [5, 5.41) is 9.57. The number of hydrogen-bond donors (Lipinski definition) is 1. The highest BCUT2D eigenvalue weighted by molar-refractivity contribution is 5.68. The van der Waals surface area contributed by atoms with Crippen molar-refractivity contribution in [2.75, 3.05) is 13.1 Å². The molecule has 18 heavy (non-hydrogen) atoms. The molecular weight excluding hydrogens is 230 g/mol. The molecule has 0 fully saturated rings. The summed E-state index contributed by atoms with van der Waals surface area (Å²) in [5.74, 6) is 0. The van der Waals surface area contributed by atoms with Crippen LogP contribution in [-0.2, 0) is 4.74 Å². The maximum Gasteiger partial charge on any atom is 0.410 e. The van der Waals surface area contributed by atoms with Crippen LogP contribution in [0, 0.1) is 0 Å². The van der Waals surface area contributed by atoms with E-state index in [-0.39, 0.29) is 12.2 Å². The van der Waals surface area contributed by atoms with Crippen LogP contribution < -0.4 is 0 Å². The summed E-state index contributed by atoms with van der Waals surface area (Å²) in [7, 11) is 0. The SMILES string of the molecule is CCCCN(CCC(O)CC)C(=O)OC(C)(C)C. The lowest BCUT2D eigenvalue weighted by molar-refractivity contribution is 0.0218. The van der Waals surface area contributed by atoms with Crippen molar-refractivity contribution in [3.8, 4) is 0 Å². The van der Waals surface area contributed by atoms with Gasteiger partial charge in [-0.15, -0.1) is 0 Å². The Labute approximate surface area is 111 Å². The Bertz CT molecular complexity index is 236. The molecule has 0 aliphatic heterocycles. The summed E-state index contributed by atoms with van der Waals surface area (Å²) in [6.45, 7) is 10.9. The topological polar surface area (TPSA) is 49.8 Å². The van der Waals surface area contributed by atoms with Gasteiger partial charge in [0.15, 0.2) is 0 Å². The quantitative estimate of drug-likeness (QED) is 0.764. The fraction of sp³-hybridized carbons (Fsp3) is 0.929. The lowest BCUT2D eigenvalue weighted by Crippen LogP contribution is -2.38. The summed E-state index contributed by atoms with van der Waals surface area (Å²) in [6.07, 6.45) is 2.71. The van der Waals surface area contributed by atoms with Crippen LogP contribution in [0.15, 0.2) is 0 Å². The maximum absolute atomic E-state index is 12.0. The van der Waals surface area contributed by atoms with Crippen molar-refractivity contribution in [3.05, 3.63) is 0 Å². The van der Waals surface area contributed by atoms with Gasteiger partial charge in [-0.05, 0) is 40.0 Å². The van der Waals surface area contributed by atoms with Crippen LogP contribution in [0.3, 0.4) is 0 Å². The first-order valence-corrected chi connectivity index (χ1v) is 6.96. The molecule has 0 spiro atoms. The molecule has 108 valence electrons. The van der Waals surface area contributed by atoms with Crippen LogP contribution in [0.2, 0.25) is 0 Å². The second-order valence-corrected chi connectivity index (χ2v) is 5.67. The molecule has 4 nitrogen and oxygen atoms in total.